The van der Waals surface area contributed by atoms with Crippen LogP contribution in [0.15, 0.2) is 188 Å². The Labute approximate surface area is 324 Å². The van der Waals surface area contributed by atoms with Gasteiger partial charge in [0.1, 0.15) is 0 Å². The third-order valence-corrected chi connectivity index (χ3v) is 12.0. The number of hydrogen-bond acceptors (Lipinski definition) is 0. The summed E-state index contributed by atoms with van der Waals surface area (Å²) in [6.07, 6.45) is 1.10. The molecule has 12 rings (SSSR count). The van der Waals surface area contributed by atoms with Gasteiger partial charge in [-0.05, 0) is 128 Å². The minimum Gasteiger partial charge on any atom is -0.0622 e. The summed E-state index contributed by atoms with van der Waals surface area (Å²) >= 11 is 0. The molecule has 9 aromatic carbocycles. The molecule has 0 nitrogen and oxygen atoms in total. The number of rotatable bonds is 0. The number of benzene rings is 9. The van der Waals surface area contributed by atoms with E-state index in [-0.39, 0.29) is 5.41 Å². The quantitative estimate of drug-likeness (QED) is 0.148. The van der Waals surface area contributed by atoms with E-state index in [2.05, 4.69) is 191 Å². The van der Waals surface area contributed by atoms with E-state index in [0.717, 1.165) is 6.42 Å². The summed E-state index contributed by atoms with van der Waals surface area (Å²) in [4.78, 5) is 0. The number of hydrogen-bond donors (Lipinski definition) is 0. The summed E-state index contributed by atoms with van der Waals surface area (Å²) in [5, 5.41) is 5.24. The first kappa shape index (κ1) is 33.1. The molecule has 262 valence electrons. The van der Waals surface area contributed by atoms with Gasteiger partial charge in [0, 0.05) is 0 Å². The molecule has 55 heavy (non-hydrogen) atoms. The van der Waals surface area contributed by atoms with E-state index in [1.165, 1.54) is 105 Å². The van der Waals surface area contributed by atoms with Crippen molar-refractivity contribution in [3.8, 4) is 33.4 Å². The average Bonchev–Trinajstić information content (AvgIpc) is 3.84. The molecule has 3 aliphatic rings. The van der Waals surface area contributed by atoms with Gasteiger partial charge < -0.3 is 0 Å². The molecule has 0 aliphatic heterocycles. The molecule has 0 radical (unpaired) electrons. The Balaban J connectivity index is 0.000000145. The zero-order chi connectivity index (χ0) is 37.1. The molecule has 0 aromatic heterocycles. The van der Waals surface area contributed by atoms with E-state index < -0.39 is 0 Å². The second kappa shape index (κ2) is 13.1. The maximum Gasteiger partial charge on any atom is 0.0726 e. The van der Waals surface area contributed by atoms with E-state index in [4.69, 9.17) is 0 Å². The van der Waals surface area contributed by atoms with Gasteiger partial charge in [-0.25, -0.2) is 0 Å². The Hall–Kier alpha value is -6.50. The Morgan fingerprint density at radius 2 is 0.927 bits per heavy atom. The fraction of sp³-hybridized carbons (Fsp3) is 0.0909. The molecule has 1 unspecified atom stereocenters. The lowest BCUT2D eigenvalue weighted by atomic mass is 9.70. The molecule has 0 N–H and O–H groups in total. The summed E-state index contributed by atoms with van der Waals surface area (Å²) in [6.45, 7) is 6.45. The Kier molecular flexibility index (Phi) is 7.89. The van der Waals surface area contributed by atoms with E-state index >= 15 is 0 Å². The Bertz CT molecular complexity index is 2930. The van der Waals surface area contributed by atoms with Gasteiger partial charge in [-0.15, -0.1) is 0 Å². The highest BCUT2D eigenvalue weighted by molar-refractivity contribution is 6.08. The molecular formula is C55H42. The molecule has 0 saturated carbocycles. The summed E-state index contributed by atoms with van der Waals surface area (Å²) in [5.41, 5.74) is 20.6. The normalized spacial score (nSPS) is 14.8. The van der Waals surface area contributed by atoms with Crippen LogP contribution in [0.1, 0.15) is 50.1 Å². The minimum atomic E-state index is -0.295. The predicted molar refractivity (Wildman–Crippen MR) is 233 cm³/mol. The summed E-state index contributed by atoms with van der Waals surface area (Å²) in [6, 6.07) is 69.0. The van der Waals surface area contributed by atoms with Crippen LogP contribution in [-0.2, 0) is 11.8 Å². The summed E-state index contributed by atoms with van der Waals surface area (Å²) in [7, 11) is 0. The van der Waals surface area contributed by atoms with Gasteiger partial charge in [-0.2, -0.15) is 0 Å². The highest BCUT2D eigenvalue weighted by Gasteiger charge is 2.52. The van der Waals surface area contributed by atoms with Crippen molar-refractivity contribution in [2.24, 2.45) is 0 Å². The van der Waals surface area contributed by atoms with Crippen LogP contribution in [0.2, 0.25) is 0 Å². The topological polar surface area (TPSA) is 0 Å². The van der Waals surface area contributed by atoms with Crippen LogP contribution < -0.4 is 0 Å². The maximum absolute atomic E-state index is 2.47. The lowest BCUT2D eigenvalue weighted by molar-refractivity contribution is 0.794. The molecule has 0 amide bonds. The maximum atomic E-state index is 2.47. The lowest BCUT2D eigenvalue weighted by Gasteiger charge is -2.31. The van der Waals surface area contributed by atoms with Gasteiger partial charge in [0.05, 0.1) is 5.41 Å². The molecule has 9 aromatic rings. The first-order chi connectivity index (χ1) is 27.0. The first-order valence-corrected chi connectivity index (χ1v) is 19.5. The average molecular weight is 703 g/mol. The van der Waals surface area contributed by atoms with Crippen LogP contribution in [0.3, 0.4) is 0 Å². The van der Waals surface area contributed by atoms with E-state index in [0.29, 0.717) is 0 Å². The third kappa shape index (κ3) is 5.28. The van der Waals surface area contributed by atoms with Crippen molar-refractivity contribution in [1.29, 1.82) is 0 Å². The predicted octanol–water partition coefficient (Wildman–Crippen LogP) is 14.2. The van der Waals surface area contributed by atoms with Crippen LogP contribution in [0.4, 0.5) is 0 Å². The van der Waals surface area contributed by atoms with E-state index in [1.54, 1.807) is 0 Å². The van der Waals surface area contributed by atoms with Crippen molar-refractivity contribution < 1.29 is 0 Å². The molecule has 0 heteroatoms. The Morgan fingerprint density at radius 1 is 0.327 bits per heavy atom. The van der Waals surface area contributed by atoms with Crippen molar-refractivity contribution in [3.05, 3.63) is 238 Å². The van der Waals surface area contributed by atoms with Crippen molar-refractivity contribution in [2.45, 2.75) is 32.6 Å². The zero-order valence-electron chi connectivity index (χ0n) is 31.6. The van der Waals surface area contributed by atoms with Gasteiger partial charge in [0.25, 0.3) is 0 Å². The molecule has 0 saturated heterocycles. The molecule has 0 bridgehead atoms. The van der Waals surface area contributed by atoms with Crippen LogP contribution in [0, 0.1) is 20.8 Å². The van der Waals surface area contributed by atoms with Crippen molar-refractivity contribution in [2.75, 3.05) is 0 Å². The van der Waals surface area contributed by atoms with Gasteiger partial charge in [0.15, 0.2) is 0 Å². The summed E-state index contributed by atoms with van der Waals surface area (Å²) in [5.74, 6) is 0. The molecule has 1 spiro atoms. The van der Waals surface area contributed by atoms with Crippen LogP contribution in [0.5, 0.6) is 0 Å². The fourth-order valence-corrected chi connectivity index (χ4v) is 9.52. The van der Waals surface area contributed by atoms with Crippen LogP contribution in [0.25, 0.3) is 54.9 Å². The molecule has 0 heterocycles. The third-order valence-electron chi connectivity index (χ3n) is 12.0. The second-order valence-corrected chi connectivity index (χ2v) is 15.4. The number of fused-ring (bicyclic) bond motifs is 16. The van der Waals surface area contributed by atoms with E-state index in [9.17, 15) is 0 Å². The minimum absolute atomic E-state index is 0.295. The largest absolute Gasteiger partial charge is 0.0726 e. The monoisotopic (exact) mass is 702 g/mol. The van der Waals surface area contributed by atoms with E-state index in [1.807, 2.05) is 18.2 Å². The molecular weight excluding hydrogens is 661 g/mol. The standard InChI is InChI=1S/C34H22.C14H12.C7H8/c1-21-14-16-27-26-12-6-7-13-29(26)34(31(27)18-21)30-17-15-22-8-4-5-11-25(22)33(30)28-19-23-9-2-3-10-24(23)20-32(28)34;1-10-6-7-12-9-11-4-2-3-5-13(11)14(12)8-10;1-7-5-3-2-4-6-7/h2-20H,1H3;2-8H,9H2,1H3;2-6H,1H3. The lowest BCUT2D eigenvalue weighted by Crippen LogP contribution is -2.26. The van der Waals surface area contributed by atoms with Crippen LogP contribution in [-0.4, -0.2) is 0 Å². The van der Waals surface area contributed by atoms with Crippen molar-refractivity contribution in [3.63, 3.8) is 0 Å². The second-order valence-electron chi connectivity index (χ2n) is 15.4. The van der Waals surface area contributed by atoms with Crippen LogP contribution >= 0.6 is 0 Å². The van der Waals surface area contributed by atoms with Gasteiger partial charge in [-0.3, -0.25) is 0 Å². The Morgan fingerprint density at radius 3 is 1.73 bits per heavy atom. The van der Waals surface area contributed by atoms with Gasteiger partial charge in [0.2, 0.25) is 0 Å². The summed E-state index contributed by atoms with van der Waals surface area (Å²) < 4.78 is 0. The highest BCUT2D eigenvalue weighted by atomic mass is 14.5. The van der Waals surface area contributed by atoms with Crippen molar-refractivity contribution in [1.82, 2.24) is 0 Å². The fourth-order valence-electron chi connectivity index (χ4n) is 9.52. The van der Waals surface area contributed by atoms with Gasteiger partial charge >= 0.3 is 0 Å². The van der Waals surface area contributed by atoms with Gasteiger partial charge in [-0.1, -0.05) is 193 Å². The molecule has 0 fully saturated rings. The van der Waals surface area contributed by atoms with Crippen molar-refractivity contribution >= 4 is 21.5 Å². The molecule has 1 atom stereocenters. The highest BCUT2D eigenvalue weighted by Crippen LogP contribution is 2.64. The molecule has 3 aliphatic carbocycles. The first-order valence-electron chi connectivity index (χ1n) is 19.5. The SMILES string of the molecule is Cc1ccc2c(c1)-c1ccccc1C2.Cc1ccc2c(c1)C1(c3ccccc3-2)c2cc3ccccc3cc2-c2c1ccc1ccccc21.Cc1ccccc1. The number of aryl methyl sites for hydroxylation is 3. The smallest absolute Gasteiger partial charge is 0.0622 e. The zero-order valence-corrected chi connectivity index (χ0v) is 31.6.